The molecule has 1 heterocycles. The predicted molar refractivity (Wildman–Crippen MR) is 132 cm³/mol. The fraction of sp³-hybridized carbons (Fsp3) is 0.680. The van der Waals surface area contributed by atoms with Crippen molar-refractivity contribution in [1.82, 2.24) is 4.47 Å². The number of hydroxylamine groups is 1. The van der Waals surface area contributed by atoms with E-state index >= 15 is 0 Å². The van der Waals surface area contributed by atoms with Crippen molar-refractivity contribution < 1.29 is 37.2 Å². The van der Waals surface area contributed by atoms with Crippen LogP contribution in [0.4, 0.5) is 5.69 Å². The van der Waals surface area contributed by atoms with E-state index in [4.69, 9.17) is 14.3 Å². The molecule has 37 heavy (non-hydrogen) atoms. The standard InChI is InChI=1S/C25H36N2O9S/c1-7-34-22(28)25(23(29)35-8-2)14-17-15-36-27(21(17)20(25)16(3)13-24(4,5)6)37(32,33)19-11-9-18(10-12-19)26(30)31/h9-12,16-17,20-21H,7-8,13-15H2,1-6H3/t16-,17-,20-,21+/m0/s1. The number of carbonyl (C=O) groups excluding carboxylic acids is 2. The van der Waals surface area contributed by atoms with Crippen molar-refractivity contribution >= 4 is 27.6 Å². The molecule has 12 heteroatoms. The highest BCUT2D eigenvalue weighted by Gasteiger charge is 2.69. The van der Waals surface area contributed by atoms with Gasteiger partial charge in [0.25, 0.3) is 15.7 Å². The molecule has 1 saturated heterocycles. The molecule has 0 aromatic heterocycles. The summed E-state index contributed by atoms with van der Waals surface area (Å²) in [5.74, 6) is -2.98. The van der Waals surface area contributed by atoms with Gasteiger partial charge in [-0.25, -0.2) is 8.42 Å². The number of hydrogen-bond donors (Lipinski definition) is 0. The predicted octanol–water partition coefficient (Wildman–Crippen LogP) is 3.72. The second-order valence-corrected chi connectivity index (χ2v) is 12.7. The smallest absolute Gasteiger partial charge is 0.323 e. The number of ether oxygens (including phenoxy) is 2. The Balaban J connectivity index is 2.14. The van der Waals surface area contributed by atoms with Gasteiger partial charge in [0.1, 0.15) is 0 Å². The van der Waals surface area contributed by atoms with E-state index in [1.165, 1.54) is 0 Å². The molecule has 1 aromatic carbocycles. The van der Waals surface area contributed by atoms with E-state index in [1.54, 1.807) is 13.8 Å². The summed E-state index contributed by atoms with van der Waals surface area (Å²) in [6, 6.07) is 3.67. The first-order valence-electron chi connectivity index (χ1n) is 12.5. The van der Waals surface area contributed by atoms with Crippen LogP contribution in [0.1, 0.15) is 54.4 Å². The lowest BCUT2D eigenvalue weighted by Crippen LogP contribution is -2.53. The monoisotopic (exact) mass is 540 g/mol. The molecule has 0 amide bonds. The van der Waals surface area contributed by atoms with E-state index in [2.05, 4.69) is 0 Å². The van der Waals surface area contributed by atoms with E-state index < -0.39 is 50.2 Å². The van der Waals surface area contributed by atoms with Crippen molar-refractivity contribution in [1.29, 1.82) is 0 Å². The topological polar surface area (TPSA) is 142 Å². The molecule has 206 valence electrons. The van der Waals surface area contributed by atoms with E-state index in [0.717, 1.165) is 28.7 Å². The molecule has 11 nitrogen and oxygen atoms in total. The lowest BCUT2D eigenvalue weighted by molar-refractivity contribution is -0.384. The van der Waals surface area contributed by atoms with Gasteiger partial charge in [0.2, 0.25) is 0 Å². The summed E-state index contributed by atoms with van der Waals surface area (Å²) in [4.78, 5) is 43.0. The number of nitro benzene ring substituents is 1. The van der Waals surface area contributed by atoms with Crippen LogP contribution in [-0.2, 0) is 33.9 Å². The summed E-state index contributed by atoms with van der Waals surface area (Å²) < 4.78 is 39.1. The number of fused-ring (bicyclic) bond motifs is 1. The number of sulfonamides is 1. The molecular weight excluding hydrogens is 504 g/mol. The van der Waals surface area contributed by atoms with Crippen molar-refractivity contribution in [2.75, 3.05) is 19.8 Å². The normalized spacial score (nSPS) is 24.3. The molecule has 0 bridgehead atoms. The van der Waals surface area contributed by atoms with Crippen LogP contribution in [-0.4, -0.2) is 55.6 Å². The highest BCUT2D eigenvalue weighted by molar-refractivity contribution is 7.89. The van der Waals surface area contributed by atoms with Gasteiger partial charge in [-0.3, -0.25) is 24.5 Å². The number of esters is 2. The number of hydrogen-bond acceptors (Lipinski definition) is 9. The Bertz CT molecular complexity index is 1110. The van der Waals surface area contributed by atoms with Crippen molar-refractivity contribution in [2.45, 2.75) is 65.3 Å². The molecule has 1 aliphatic carbocycles. The maximum Gasteiger partial charge on any atom is 0.323 e. The van der Waals surface area contributed by atoms with Gasteiger partial charge in [-0.2, -0.15) is 0 Å². The van der Waals surface area contributed by atoms with Crippen molar-refractivity contribution in [3.63, 3.8) is 0 Å². The van der Waals surface area contributed by atoms with Crippen molar-refractivity contribution in [3.8, 4) is 0 Å². The molecule has 2 aliphatic rings. The summed E-state index contributed by atoms with van der Waals surface area (Å²) in [7, 11) is -4.29. The van der Waals surface area contributed by atoms with E-state index in [1.807, 2.05) is 27.7 Å². The minimum absolute atomic E-state index is 0.0177. The molecule has 4 atom stereocenters. The molecule has 2 fully saturated rings. The molecule has 1 saturated carbocycles. The molecule has 3 rings (SSSR count). The first-order valence-corrected chi connectivity index (χ1v) is 13.9. The highest BCUT2D eigenvalue weighted by atomic mass is 32.2. The summed E-state index contributed by atoms with van der Waals surface area (Å²) in [6.07, 6.45) is 0.619. The van der Waals surface area contributed by atoms with Gasteiger partial charge < -0.3 is 9.47 Å². The zero-order valence-electron chi connectivity index (χ0n) is 22.1. The summed E-state index contributed by atoms with van der Waals surface area (Å²) >= 11 is 0. The molecule has 0 N–H and O–H groups in total. The van der Waals surface area contributed by atoms with Gasteiger partial charge in [-0.15, -0.1) is 0 Å². The fourth-order valence-corrected chi connectivity index (χ4v) is 7.51. The third-order valence-corrected chi connectivity index (χ3v) is 8.76. The first kappa shape index (κ1) is 29.0. The Morgan fingerprint density at radius 2 is 1.70 bits per heavy atom. The second kappa shape index (κ2) is 10.7. The average molecular weight is 541 g/mol. The van der Waals surface area contributed by atoms with Crippen LogP contribution in [0.2, 0.25) is 0 Å². The van der Waals surface area contributed by atoms with Crippen LogP contribution in [0, 0.1) is 38.7 Å². The summed E-state index contributed by atoms with van der Waals surface area (Å²) in [5.41, 5.74) is -2.13. The van der Waals surface area contributed by atoms with E-state index in [-0.39, 0.29) is 48.2 Å². The lowest BCUT2D eigenvalue weighted by Gasteiger charge is -2.40. The van der Waals surface area contributed by atoms with Crippen LogP contribution in [0.3, 0.4) is 0 Å². The van der Waals surface area contributed by atoms with Crippen LogP contribution >= 0.6 is 0 Å². The molecule has 1 aliphatic heterocycles. The Labute approximate surface area is 217 Å². The van der Waals surface area contributed by atoms with Crippen LogP contribution in [0.5, 0.6) is 0 Å². The molecule has 0 radical (unpaired) electrons. The highest BCUT2D eigenvalue weighted by Crippen LogP contribution is 2.58. The minimum atomic E-state index is -4.29. The molecule has 1 aromatic rings. The fourth-order valence-electron chi connectivity index (χ4n) is 6.00. The van der Waals surface area contributed by atoms with Gasteiger partial charge in [0.15, 0.2) is 5.41 Å². The SMILES string of the molecule is CCOC(=O)C1(C(=O)OCC)C[C@H]2CON(S(=O)(=O)c3ccc([N+](=O)[O-])cc3)[C@H]2[C@@H]1[C@@H](C)CC(C)(C)C. The zero-order chi connectivity index (χ0) is 27.8. The Hall–Kier alpha value is -2.57. The van der Waals surface area contributed by atoms with Gasteiger partial charge in [-0.05, 0) is 50.2 Å². The van der Waals surface area contributed by atoms with Gasteiger partial charge in [-0.1, -0.05) is 32.2 Å². The zero-order valence-corrected chi connectivity index (χ0v) is 22.9. The average Bonchev–Trinajstić information content (AvgIpc) is 3.36. The third kappa shape index (κ3) is 5.37. The van der Waals surface area contributed by atoms with Gasteiger partial charge in [0.05, 0.1) is 35.7 Å². The van der Waals surface area contributed by atoms with E-state index in [0.29, 0.717) is 6.42 Å². The Kier molecular flexibility index (Phi) is 8.35. The number of carbonyl (C=O) groups is 2. The van der Waals surface area contributed by atoms with Crippen LogP contribution < -0.4 is 0 Å². The van der Waals surface area contributed by atoms with Crippen LogP contribution in [0.25, 0.3) is 0 Å². The minimum Gasteiger partial charge on any atom is -0.465 e. The molecular formula is C25H36N2O9S. The number of benzene rings is 1. The number of nitrogens with zero attached hydrogens (tertiary/aromatic N) is 2. The maximum atomic E-state index is 13.7. The largest absolute Gasteiger partial charge is 0.465 e. The number of rotatable bonds is 9. The summed E-state index contributed by atoms with van der Waals surface area (Å²) in [6.45, 7) is 11.4. The third-order valence-electron chi connectivity index (χ3n) is 7.07. The van der Waals surface area contributed by atoms with Gasteiger partial charge in [0, 0.05) is 24.0 Å². The first-order chi connectivity index (χ1) is 17.2. The maximum absolute atomic E-state index is 13.7. The Morgan fingerprint density at radius 3 is 2.16 bits per heavy atom. The second-order valence-electron chi connectivity index (χ2n) is 10.9. The lowest BCUT2D eigenvalue weighted by atomic mass is 9.67. The van der Waals surface area contributed by atoms with E-state index in [9.17, 15) is 28.1 Å². The Morgan fingerprint density at radius 1 is 1.16 bits per heavy atom. The molecule has 0 unspecified atom stereocenters. The number of nitro groups is 1. The quantitative estimate of drug-likeness (QED) is 0.198. The van der Waals surface area contributed by atoms with Crippen molar-refractivity contribution in [2.24, 2.45) is 28.6 Å². The summed E-state index contributed by atoms with van der Waals surface area (Å²) in [5, 5.41) is 11.0. The van der Waals surface area contributed by atoms with Crippen LogP contribution in [0.15, 0.2) is 29.2 Å². The van der Waals surface area contributed by atoms with Crippen molar-refractivity contribution in [3.05, 3.63) is 34.4 Å². The number of non-ortho nitro benzene ring substituents is 1. The van der Waals surface area contributed by atoms with Gasteiger partial charge >= 0.3 is 11.9 Å². The molecule has 0 spiro atoms.